The average molecular weight is 338 g/mol. The highest BCUT2D eigenvalue weighted by Crippen LogP contribution is 2.27. The van der Waals surface area contributed by atoms with Crippen LogP contribution in [0.25, 0.3) is 0 Å². The zero-order valence-corrected chi connectivity index (χ0v) is 13.8. The van der Waals surface area contributed by atoms with Gasteiger partial charge >= 0.3 is 0 Å². The molecule has 2 aromatic rings. The minimum absolute atomic E-state index is 0.0528. The first-order valence-electron chi connectivity index (χ1n) is 6.97. The summed E-state index contributed by atoms with van der Waals surface area (Å²) in [7, 11) is 1.77. The van der Waals surface area contributed by atoms with Crippen LogP contribution in [0.15, 0.2) is 48.5 Å². The largest absolute Gasteiger partial charge is 0.492 e. The lowest BCUT2D eigenvalue weighted by molar-refractivity contribution is -0.118. The van der Waals surface area contributed by atoms with Gasteiger partial charge in [-0.1, -0.05) is 41.4 Å². The van der Waals surface area contributed by atoms with Crippen molar-refractivity contribution in [2.24, 2.45) is 0 Å². The first kappa shape index (κ1) is 16.7. The molecule has 2 rings (SSSR count). The highest BCUT2D eigenvalue weighted by Gasteiger charge is 2.10. The maximum absolute atomic E-state index is 12.1. The lowest BCUT2D eigenvalue weighted by Gasteiger charge is -2.17. The van der Waals surface area contributed by atoms with Crippen molar-refractivity contribution in [3.05, 3.63) is 58.6 Å². The highest BCUT2D eigenvalue weighted by atomic mass is 35.5. The Morgan fingerprint density at radius 1 is 1.14 bits per heavy atom. The van der Waals surface area contributed by atoms with E-state index in [9.17, 15) is 4.79 Å². The van der Waals surface area contributed by atoms with Crippen molar-refractivity contribution in [3.8, 4) is 5.75 Å². The van der Waals surface area contributed by atoms with Crippen molar-refractivity contribution < 1.29 is 9.53 Å². The lowest BCUT2D eigenvalue weighted by atomic mass is 10.2. The Morgan fingerprint density at radius 3 is 2.55 bits per heavy atom. The first-order valence-corrected chi connectivity index (χ1v) is 7.73. The number of benzene rings is 2. The molecule has 0 radical (unpaired) electrons. The van der Waals surface area contributed by atoms with Crippen molar-refractivity contribution in [1.82, 2.24) is 0 Å². The van der Waals surface area contributed by atoms with Crippen molar-refractivity contribution in [3.63, 3.8) is 0 Å². The van der Waals surface area contributed by atoms with E-state index in [-0.39, 0.29) is 5.91 Å². The van der Waals surface area contributed by atoms with Crippen molar-refractivity contribution in [2.45, 2.75) is 12.8 Å². The number of anilines is 1. The van der Waals surface area contributed by atoms with Gasteiger partial charge in [0.2, 0.25) is 5.91 Å². The summed E-state index contributed by atoms with van der Waals surface area (Å²) in [6.45, 7) is 0.426. The van der Waals surface area contributed by atoms with Gasteiger partial charge < -0.3 is 9.64 Å². The van der Waals surface area contributed by atoms with Crippen LogP contribution in [0.4, 0.5) is 5.69 Å². The number of rotatable bonds is 6. The topological polar surface area (TPSA) is 29.5 Å². The van der Waals surface area contributed by atoms with Gasteiger partial charge in [0.05, 0.1) is 11.6 Å². The molecule has 3 nitrogen and oxygen atoms in total. The van der Waals surface area contributed by atoms with Crippen LogP contribution >= 0.6 is 23.2 Å². The molecule has 0 heterocycles. The number of hydrogen-bond donors (Lipinski definition) is 0. The molecule has 0 aliphatic rings. The monoisotopic (exact) mass is 337 g/mol. The molecule has 22 heavy (non-hydrogen) atoms. The SMILES string of the molecule is CN(C(=O)CCCOc1ccc(Cl)cc1Cl)c1ccccc1. The van der Waals surface area contributed by atoms with E-state index in [1.807, 2.05) is 30.3 Å². The maximum Gasteiger partial charge on any atom is 0.226 e. The summed E-state index contributed by atoms with van der Waals surface area (Å²) in [6.07, 6.45) is 1.03. The van der Waals surface area contributed by atoms with E-state index in [4.69, 9.17) is 27.9 Å². The van der Waals surface area contributed by atoms with Gasteiger partial charge in [-0.3, -0.25) is 4.79 Å². The molecule has 0 atom stereocenters. The smallest absolute Gasteiger partial charge is 0.226 e. The molecule has 0 aliphatic heterocycles. The Hall–Kier alpha value is -1.71. The number of nitrogens with zero attached hydrogens (tertiary/aromatic N) is 1. The van der Waals surface area contributed by atoms with Crippen LogP contribution in [0.2, 0.25) is 10.0 Å². The predicted molar refractivity (Wildman–Crippen MR) is 91.0 cm³/mol. The van der Waals surface area contributed by atoms with Gasteiger partial charge in [-0.05, 0) is 36.8 Å². The summed E-state index contributed by atoms with van der Waals surface area (Å²) in [6, 6.07) is 14.6. The van der Waals surface area contributed by atoms with E-state index >= 15 is 0 Å². The number of amides is 1. The molecular weight excluding hydrogens is 321 g/mol. The second kappa shape index (κ2) is 8.06. The van der Waals surface area contributed by atoms with E-state index < -0.39 is 0 Å². The van der Waals surface area contributed by atoms with E-state index in [0.29, 0.717) is 35.2 Å². The maximum atomic E-state index is 12.1. The number of carbonyl (C=O) groups excluding carboxylic acids is 1. The molecule has 0 saturated carbocycles. The van der Waals surface area contributed by atoms with Crippen LogP contribution in [0.1, 0.15) is 12.8 Å². The van der Waals surface area contributed by atoms with E-state index in [1.165, 1.54) is 0 Å². The first-order chi connectivity index (χ1) is 10.6. The summed E-state index contributed by atoms with van der Waals surface area (Å²) >= 11 is 11.8. The number of para-hydroxylation sites is 1. The van der Waals surface area contributed by atoms with Gasteiger partial charge in [-0.15, -0.1) is 0 Å². The number of carbonyl (C=O) groups is 1. The molecule has 0 aromatic heterocycles. The molecule has 0 aliphatic carbocycles. The van der Waals surface area contributed by atoms with Crippen LogP contribution in [-0.2, 0) is 4.79 Å². The number of ether oxygens (including phenoxy) is 1. The Balaban J connectivity index is 1.77. The van der Waals surface area contributed by atoms with Gasteiger partial charge in [0.25, 0.3) is 0 Å². The zero-order valence-electron chi connectivity index (χ0n) is 12.3. The fraction of sp³-hybridized carbons (Fsp3) is 0.235. The minimum Gasteiger partial charge on any atom is -0.492 e. The summed E-state index contributed by atoms with van der Waals surface area (Å²) in [5.41, 5.74) is 0.883. The molecule has 0 saturated heterocycles. The predicted octanol–water partition coefficient (Wildman–Crippen LogP) is 4.82. The Kier molecular flexibility index (Phi) is 6.10. The summed E-state index contributed by atoms with van der Waals surface area (Å²) < 4.78 is 5.57. The Morgan fingerprint density at radius 2 is 1.86 bits per heavy atom. The third kappa shape index (κ3) is 4.65. The standard InChI is InChI=1S/C17H17Cl2NO2/c1-20(14-6-3-2-4-7-14)17(21)8-5-11-22-16-10-9-13(18)12-15(16)19/h2-4,6-7,9-10,12H,5,8,11H2,1H3. The second-order valence-corrected chi connectivity index (χ2v) is 5.66. The van der Waals surface area contributed by atoms with Crippen LogP contribution in [0.5, 0.6) is 5.75 Å². The highest BCUT2D eigenvalue weighted by molar-refractivity contribution is 6.35. The van der Waals surface area contributed by atoms with Crippen LogP contribution in [0, 0.1) is 0 Å². The number of halogens is 2. The van der Waals surface area contributed by atoms with Crippen LogP contribution in [-0.4, -0.2) is 19.6 Å². The van der Waals surface area contributed by atoms with E-state index in [0.717, 1.165) is 5.69 Å². The zero-order chi connectivity index (χ0) is 15.9. The third-order valence-electron chi connectivity index (χ3n) is 3.20. The molecule has 0 fully saturated rings. The molecule has 0 N–H and O–H groups in total. The van der Waals surface area contributed by atoms with Gasteiger partial charge in [0.15, 0.2) is 0 Å². The quantitative estimate of drug-likeness (QED) is 0.707. The van der Waals surface area contributed by atoms with Gasteiger partial charge in [-0.2, -0.15) is 0 Å². The Bertz CT molecular complexity index is 632. The minimum atomic E-state index is 0.0528. The third-order valence-corrected chi connectivity index (χ3v) is 3.73. The number of hydrogen-bond acceptors (Lipinski definition) is 2. The summed E-state index contributed by atoms with van der Waals surface area (Å²) in [4.78, 5) is 13.7. The molecular formula is C17H17Cl2NO2. The summed E-state index contributed by atoms with van der Waals surface area (Å²) in [5, 5.41) is 1.04. The van der Waals surface area contributed by atoms with Gasteiger partial charge in [0.1, 0.15) is 5.75 Å². The lowest BCUT2D eigenvalue weighted by Crippen LogP contribution is -2.26. The fourth-order valence-corrected chi connectivity index (χ4v) is 2.42. The molecule has 116 valence electrons. The van der Waals surface area contributed by atoms with Crippen molar-refractivity contribution in [1.29, 1.82) is 0 Å². The molecule has 5 heteroatoms. The van der Waals surface area contributed by atoms with E-state index in [2.05, 4.69) is 0 Å². The van der Waals surface area contributed by atoms with Gasteiger partial charge in [-0.25, -0.2) is 0 Å². The molecule has 0 spiro atoms. The van der Waals surface area contributed by atoms with Crippen LogP contribution < -0.4 is 9.64 Å². The molecule has 2 aromatic carbocycles. The molecule has 0 bridgehead atoms. The normalized spacial score (nSPS) is 10.3. The molecule has 1 amide bonds. The van der Waals surface area contributed by atoms with Gasteiger partial charge in [0, 0.05) is 24.2 Å². The van der Waals surface area contributed by atoms with Crippen molar-refractivity contribution in [2.75, 3.05) is 18.6 Å². The molecule has 0 unspecified atom stereocenters. The average Bonchev–Trinajstić information content (AvgIpc) is 2.53. The second-order valence-electron chi connectivity index (χ2n) is 4.82. The van der Waals surface area contributed by atoms with E-state index in [1.54, 1.807) is 30.1 Å². The van der Waals surface area contributed by atoms with Crippen molar-refractivity contribution >= 4 is 34.8 Å². The Labute approximate surface area is 140 Å². The summed E-state index contributed by atoms with van der Waals surface area (Å²) in [5.74, 6) is 0.631. The fourth-order valence-electron chi connectivity index (χ4n) is 1.96. The van der Waals surface area contributed by atoms with Crippen LogP contribution in [0.3, 0.4) is 0 Å².